The van der Waals surface area contributed by atoms with Gasteiger partial charge in [-0.2, -0.15) is 5.26 Å². The Hall–Kier alpha value is -2.35. The van der Waals surface area contributed by atoms with Crippen LogP contribution in [0.1, 0.15) is 0 Å². The number of carbonyl (C=O) groups is 1. The van der Waals surface area contributed by atoms with Gasteiger partial charge in [0.2, 0.25) is 0 Å². The number of hydrogen-bond donors (Lipinski definition) is 0. The molecule has 0 fully saturated rings. The Balaban J connectivity index is 2.50. The summed E-state index contributed by atoms with van der Waals surface area (Å²) in [5.74, 6) is 0.0861. The van der Waals surface area contributed by atoms with Gasteiger partial charge in [0.05, 0.1) is 19.9 Å². The van der Waals surface area contributed by atoms with Crippen LogP contribution in [0.5, 0.6) is 0 Å². The third-order valence-corrected chi connectivity index (χ3v) is 2.62. The van der Waals surface area contributed by atoms with Gasteiger partial charge in [0.15, 0.2) is 5.78 Å². The largest absolute Gasteiger partial charge is 0.500 e. The summed E-state index contributed by atoms with van der Waals surface area (Å²) in [6, 6.07) is 1.83. The van der Waals surface area contributed by atoms with Gasteiger partial charge in [0, 0.05) is 18.4 Å². The number of nitriles is 1. The fourth-order valence-corrected chi connectivity index (χ4v) is 1.75. The molecular weight excluding hydrogens is 220 g/mol. The summed E-state index contributed by atoms with van der Waals surface area (Å²) in [4.78, 5) is 16.1. The topological polar surface area (TPSA) is 71.7 Å². The van der Waals surface area contributed by atoms with E-state index in [-0.39, 0.29) is 11.4 Å². The van der Waals surface area contributed by atoms with Crippen molar-refractivity contribution < 1.29 is 14.3 Å². The van der Waals surface area contributed by atoms with E-state index >= 15 is 0 Å². The van der Waals surface area contributed by atoms with Crippen LogP contribution >= 0.6 is 0 Å². The third kappa shape index (κ3) is 1.74. The molecule has 0 radical (unpaired) electrons. The number of allylic oxidation sites excluding steroid dienone is 4. The van der Waals surface area contributed by atoms with E-state index in [1.807, 2.05) is 6.07 Å². The van der Waals surface area contributed by atoms with Crippen molar-refractivity contribution in [1.82, 2.24) is 0 Å². The van der Waals surface area contributed by atoms with Gasteiger partial charge < -0.3 is 9.47 Å². The summed E-state index contributed by atoms with van der Waals surface area (Å²) in [5.41, 5.74) is 0.571. The molecule has 0 saturated carbocycles. The van der Waals surface area contributed by atoms with Crippen molar-refractivity contribution in [3.8, 4) is 6.07 Å². The zero-order valence-electron chi connectivity index (χ0n) is 9.43. The second kappa shape index (κ2) is 4.26. The molecule has 1 unspecified atom stereocenters. The monoisotopic (exact) mass is 230 g/mol. The molecular formula is C12H10N2O3. The summed E-state index contributed by atoms with van der Waals surface area (Å²) < 4.78 is 10.2. The highest BCUT2D eigenvalue weighted by atomic mass is 16.5. The van der Waals surface area contributed by atoms with Gasteiger partial charge in [-0.3, -0.25) is 9.79 Å². The lowest BCUT2D eigenvalue weighted by Crippen LogP contribution is -2.31. The Morgan fingerprint density at radius 1 is 1.35 bits per heavy atom. The molecule has 1 aliphatic carbocycles. The van der Waals surface area contributed by atoms with Gasteiger partial charge in [-0.25, -0.2) is 0 Å². The average Bonchev–Trinajstić information content (AvgIpc) is 2.37. The minimum Gasteiger partial charge on any atom is -0.500 e. The van der Waals surface area contributed by atoms with Crippen LogP contribution in [-0.4, -0.2) is 25.7 Å². The predicted octanol–water partition coefficient (Wildman–Crippen LogP) is 1.11. The van der Waals surface area contributed by atoms with Crippen LogP contribution in [0.4, 0.5) is 0 Å². The molecule has 0 N–H and O–H groups in total. The molecule has 1 atom stereocenters. The minimum atomic E-state index is -0.626. The Labute approximate surface area is 98.3 Å². The summed E-state index contributed by atoms with van der Waals surface area (Å²) in [7, 11) is 3.00. The fraction of sp³-hybridized carbons (Fsp3) is 0.250. The normalized spacial score (nSPS) is 22.4. The summed E-state index contributed by atoms with van der Waals surface area (Å²) in [5, 5.41) is 8.80. The molecule has 86 valence electrons. The zero-order chi connectivity index (χ0) is 12.4. The van der Waals surface area contributed by atoms with E-state index in [1.54, 1.807) is 12.2 Å². The number of ether oxygens (including phenoxy) is 2. The van der Waals surface area contributed by atoms with Crippen molar-refractivity contribution in [2.24, 2.45) is 10.9 Å². The van der Waals surface area contributed by atoms with Crippen LogP contribution in [-0.2, 0) is 14.3 Å². The summed E-state index contributed by atoms with van der Waals surface area (Å²) in [6.45, 7) is 0. The second-order valence-electron chi connectivity index (χ2n) is 3.51. The molecule has 0 spiro atoms. The van der Waals surface area contributed by atoms with Crippen molar-refractivity contribution in [2.75, 3.05) is 14.2 Å². The average molecular weight is 230 g/mol. The molecule has 2 rings (SSSR count). The highest BCUT2D eigenvalue weighted by Crippen LogP contribution is 2.28. The van der Waals surface area contributed by atoms with E-state index in [1.165, 1.54) is 20.4 Å². The van der Waals surface area contributed by atoms with E-state index in [4.69, 9.17) is 14.7 Å². The highest BCUT2D eigenvalue weighted by molar-refractivity contribution is 6.21. The third-order valence-electron chi connectivity index (χ3n) is 2.62. The first-order chi connectivity index (χ1) is 8.21. The number of nitrogens with zero attached hydrogens (tertiary/aromatic N) is 2. The molecule has 1 heterocycles. The second-order valence-corrected chi connectivity index (χ2v) is 3.51. The van der Waals surface area contributed by atoms with Crippen LogP contribution in [0.2, 0.25) is 0 Å². The zero-order valence-corrected chi connectivity index (χ0v) is 9.43. The number of rotatable bonds is 2. The quantitative estimate of drug-likeness (QED) is 0.712. The van der Waals surface area contributed by atoms with Crippen LogP contribution in [0, 0.1) is 17.2 Å². The van der Waals surface area contributed by atoms with Crippen molar-refractivity contribution in [3.05, 3.63) is 35.4 Å². The standard InChI is InChI=1S/C12H10N2O3/c1-16-8-3-9-11(10(4-8)17-2)12(15)7(5-13)6-14-9/h3-4,6,11H,1-2H3. The summed E-state index contributed by atoms with van der Waals surface area (Å²) in [6.07, 6.45) is 4.56. The molecule has 0 bridgehead atoms. The number of hydrogen-bond acceptors (Lipinski definition) is 5. The van der Waals surface area contributed by atoms with E-state index in [0.717, 1.165) is 0 Å². The predicted molar refractivity (Wildman–Crippen MR) is 59.8 cm³/mol. The Morgan fingerprint density at radius 3 is 2.71 bits per heavy atom. The van der Waals surface area contributed by atoms with Crippen LogP contribution in [0.3, 0.4) is 0 Å². The molecule has 0 aromatic heterocycles. The molecule has 2 aliphatic rings. The van der Waals surface area contributed by atoms with Gasteiger partial charge in [-0.05, 0) is 0 Å². The summed E-state index contributed by atoms with van der Waals surface area (Å²) >= 11 is 0. The molecule has 0 amide bonds. The fourth-order valence-electron chi connectivity index (χ4n) is 1.75. The number of carbonyl (C=O) groups excluding carboxylic acids is 1. The lowest BCUT2D eigenvalue weighted by atomic mass is 9.86. The van der Waals surface area contributed by atoms with Crippen LogP contribution in [0.15, 0.2) is 40.4 Å². The molecule has 0 aromatic rings. The first-order valence-electron chi connectivity index (χ1n) is 4.94. The Kier molecular flexibility index (Phi) is 2.79. The van der Waals surface area contributed by atoms with Crippen molar-refractivity contribution in [1.29, 1.82) is 5.26 Å². The highest BCUT2D eigenvalue weighted by Gasteiger charge is 2.35. The number of Topliss-reactive ketones (excluding diaryl/α,β-unsaturated/α-hetero) is 1. The first-order valence-corrected chi connectivity index (χ1v) is 4.94. The molecule has 1 aliphatic heterocycles. The number of aliphatic imine (C=N–C) groups is 1. The maximum absolute atomic E-state index is 12.0. The van der Waals surface area contributed by atoms with E-state index in [9.17, 15) is 4.79 Å². The molecule has 17 heavy (non-hydrogen) atoms. The molecule has 5 heteroatoms. The van der Waals surface area contributed by atoms with Crippen molar-refractivity contribution in [3.63, 3.8) is 0 Å². The smallest absolute Gasteiger partial charge is 0.191 e. The van der Waals surface area contributed by atoms with Crippen molar-refractivity contribution >= 4 is 11.5 Å². The maximum Gasteiger partial charge on any atom is 0.191 e. The minimum absolute atomic E-state index is 0.0379. The Morgan fingerprint density at radius 2 is 2.12 bits per heavy atom. The van der Waals surface area contributed by atoms with Gasteiger partial charge in [-0.15, -0.1) is 0 Å². The molecule has 5 nitrogen and oxygen atoms in total. The lowest BCUT2D eigenvalue weighted by Gasteiger charge is -2.24. The number of ketones is 1. The number of fused-ring (bicyclic) bond motifs is 1. The SMILES string of the molecule is COC1=CC2=NC=C(C#N)C(=O)C2C(OC)=C1. The van der Waals surface area contributed by atoms with E-state index in [2.05, 4.69) is 4.99 Å². The van der Waals surface area contributed by atoms with Gasteiger partial charge in [-0.1, -0.05) is 0 Å². The number of methoxy groups -OCH3 is 2. The van der Waals surface area contributed by atoms with Gasteiger partial charge in [0.25, 0.3) is 0 Å². The van der Waals surface area contributed by atoms with Gasteiger partial charge >= 0.3 is 0 Å². The van der Waals surface area contributed by atoms with E-state index < -0.39 is 5.92 Å². The Bertz CT molecular complexity index is 532. The first kappa shape index (κ1) is 11.1. The molecule has 0 saturated heterocycles. The van der Waals surface area contributed by atoms with Crippen LogP contribution < -0.4 is 0 Å². The maximum atomic E-state index is 12.0. The van der Waals surface area contributed by atoms with E-state index in [0.29, 0.717) is 17.2 Å². The van der Waals surface area contributed by atoms with Gasteiger partial charge in [0.1, 0.15) is 29.1 Å². The van der Waals surface area contributed by atoms with Crippen molar-refractivity contribution in [2.45, 2.75) is 0 Å². The molecule has 0 aromatic carbocycles. The van der Waals surface area contributed by atoms with Crippen LogP contribution in [0.25, 0.3) is 0 Å². The lowest BCUT2D eigenvalue weighted by molar-refractivity contribution is -0.117.